The van der Waals surface area contributed by atoms with E-state index in [-0.39, 0.29) is 22.4 Å². The lowest BCUT2D eigenvalue weighted by atomic mass is 10.1. The second kappa shape index (κ2) is 9.54. The molecule has 0 aliphatic carbocycles. The lowest BCUT2D eigenvalue weighted by molar-refractivity contribution is 0.0781. The number of methoxy groups -OCH3 is 2. The number of fused-ring (bicyclic) bond motifs is 1. The number of halogens is 3. The highest BCUT2D eigenvalue weighted by Crippen LogP contribution is 2.38. The summed E-state index contributed by atoms with van der Waals surface area (Å²) >= 11 is 6.39. The zero-order chi connectivity index (χ0) is 25.3. The van der Waals surface area contributed by atoms with Gasteiger partial charge in [0.25, 0.3) is 28.2 Å². The number of benzene rings is 1. The summed E-state index contributed by atoms with van der Waals surface area (Å²) in [6.07, 6.45) is 0.262. The van der Waals surface area contributed by atoms with Gasteiger partial charge in [-0.2, -0.15) is 15.1 Å². The normalized spacial score (nSPS) is 11.7. The molecule has 0 amide bonds. The third-order valence-corrected chi connectivity index (χ3v) is 6.48. The zero-order valence-corrected chi connectivity index (χ0v) is 20.1. The number of rotatable bonds is 9. The molecule has 186 valence electrons. The molecule has 4 aromatic rings. The average Bonchev–Trinajstić information content (AvgIpc) is 3.43. The first-order valence-corrected chi connectivity index (χ1v) is 11.7. The summed E-state index contributed by atoms with van der Waals surface area (Å²) in [5.41, 5.74) is 1.55. The number of aromatic nitrogens is 5. The molecule has 0 radical (unpaired) electrons. The van der Waals surface area contributed by atoms with E-state index in [0.717, 1.165) is 0 Å². The summed E-state index contributed by atoms with van der Waals surface area (Å²) in [7, 11) is -0.0778. The Kier molecular flexibility index (Phi) is 6.67. The molecule has 35 heavy (non-hydrogen) atoms. The van der Waals surface area contributed by atoms with Gasteiger partial charge < -0.3 is 19.2 Å². The molecule has 11 nitrogen and oxygen atoms in total. The highest BCUT2D eigenvalue weighted by molar-refractivity contribution is 7.93. The van der Waals surface area contributed by atoms with Crippen LogP contribution in [0.2, 0.25) is 5.02 Å². The zero-order valence-electron chi connectivity index (χ0n) is 18.5. The average molecular weight is 529 g/mol. The minimum atomic E-state index is -4.24. The van der Waals surface area contributed by atoms with Crippen molar-refractivity contribution >= 4 is 38.5 Å². The van der Waals surface area contributed by atoms with Crippen LogP contribution in [-0.2, 0) is 17.1 Å². The summed E-state index contributed by atoms with van der Waals surface area (Å²) < 4.78 is 70.6. The topological polar surface area (TPSA) is 133 Å². The highest BCUT2D eigenvalue weighted by Gasteiger charge is 2.26. The van der Waals surface area contributed by atoms with Crippen molar-refractivity contribution in [3.05, 3.63) is 35.6 Å². The molecule has 0 saturated carbocycles. The summed E-state index contributed by atoms with van der Waals surface area (Å²) in [5.74, 6) is -1.30. The first-order chi connectivity index (χ1) is 16.6. The van der Waals surface area contributed by atoms with Gasteiger partial charge in [-0.25, -0.2) is 21.9 Å². The molecule has 15 heteroatoms. The Hall–Kier alpha value is -3.65. The number of nitrogens with one attached hydrogen (secondary N) is 2. The van der Waals surface area contributed by atoms with E-state index in [1.807, 2.05) is 0 Å². The predicted molar refractivity (Wildman–Crippen MR) is 123 cm³/mol. The summed E-state index contributed by atoms with van der Waals surface area (Å²) in [6, 6.07) is 4.87. The second-order valence-electron chi connectivity index (χ2n) is 7.07. The van der Waals surface area contributed by atoms with Crippen molar-refractivity contribution in [2.24, 2.45) is 7.05 Å². The Balaban J connectivity index is 1.74. The fraction of sp³-hybridized carbons (Fsp3) is 0.250. The van der Waals surface area contributed by atoms with Crippen LogP contribution in [0.1, 0.15) is 0 Å². The number of aromatic amines is 1. The van der Waals surface area contributed by atoms with Crippen molar-refractivity contribution < 1.29 is 31.4 Å². The van der Waals surface area contributed by atoms with Crippen molar-refractivity contribution in [2.45, 2.75) is 11.3 Å². The Morgan fingerprint density at radius 1 is 1.17 bits per heavy atom. The second-order valence-corrected chi connectivity index (χ2v) is 9.13. The monoisotopic (exact) mass is 528 g/mol. The molecule has 0 fully saturated rings. The molecule has 0 unspecified atom stereocenters. The maximum Gasteiger partial charge on any atom is 0.272 e. The maximum absolute atomic E-state index is 13.2. The number of hydrogen-bond acceptors (Lipinski definition) is 8. The van der Waals surface area contributed by atoms with Gasteiger partial charge in [-0.1, -0.05) is 11.6 Å². The number of anilines is 1. The van der Waals surface area contributed by atoms with Crippen molar-refractivity contribution in [1.29, 1.82) is 0 Å². The fourth-order valence-corrected chi connectivity index (χ4v) is 4.72. The number of sulfonamides is 1. The summed E-state index contributed by atoms with van der Waals surface area (Å²) in [5, 5.41) is 5.07. The van der Waals surface area contributed by atoms with Gasteiger partial charge in [0.05, 0.1) is 30.5 Å². The van der Waals surface area contributed by atoms with Gasteiger partial charge in [-0.05, 0) is 18.2 Å². The van der Waals surface area contributed by atoms with E-state index in [0.29, 0.717) is 27.2 Å². The van der Waals surface area contributed by atoms with Crippen LogP contribution in [0.3, 0.4) is 0 Å². The molecule has 1 aromatic carbocycles. The van der Waals surface area contributed by atoms with Crippen LogP contribution in [-0.4, -0.2) is 60.4 Å². The number of hydrogen-bond donors (Lipinski definition) is 2. The number of aryl methyl sites for hydroxylation is 1. The smallest absolute Gasteiger partial charge is 0.272 e. The van der Waals surface area contributed by atoms with Gasteiger partial charge in [0.1, 0.15) is 11.5 Å². The van der Waals surface area contributed by atoms with E-state index in [2.05, 4.69) is 24.8 Å². The van der Waals surface area contributed by atoms with Crippen molar-refractivity contribution in [3.8, 4) is 28.8 Å². The molecule has 4 rings (SSSR count). The van der Waals surface area contributed by atoms with E-state index >= 15 is 0 Å². The predicted octanol–water partition coefficient (Wildman–Crippen LogP) is 3.47. The fourth-order valence-electron chi connectivity index (χ4n) is 3.35. The minimum Gasteiger partial charge on any atom is -0.478 e. The Morgan fingerprint density at radius 3 is 2.43 bits per heavy atom. The third-order valence-electron chi connectivity index (χ3n) is 4.80. The van der Waals surface area contributed by atoms with E-state index in [4.69, 9.17) is 25.8 Å². The molecule has 0 atom stereocenters. The summed E-state index contributed by atoms with van der Waals surface area (Å²) in [6.45, 7) is -0.961. The van der Waals surface area contributed by atoms with Crippen LogP contribution in [0.4, 0.5) is 14.7 Å². The van der Waals surface area contributed by atoms with Crippen LogP contribution >= 0.6 is 11.6 Å². The van der Waals surface area contributed by atoms with E-state index in [1.54, 1.807) is 36.1 Å². The first kappa shape index (κ1) is 24.5. The van der Waals surface area contributed by atoms with Gasteiger partial charge in [-0.3, -0.25) is 4.68 Å². The van der Waals surface area contributed by atoms with E-state index in [1.165, 1.54) is 20.4 Å². The Morgan fingerprint density at radius 2 is 1.86 bits per heavy atom. The van der Waals surface area contributed by atoms with Crippen LogP contribution in [0, 0.1) is 0 Å². The number of nitrogens with zero attached hydrogens (tertiary/aromatic N) is 4. The molecule has 2 N–H and O–H groups in total. The van der Waals surface area contributed by atoms with Crippen LogP contribution in [0.25, 0.3) is 22.2 Å². The quantitative estimate of drug-likeness (QED) is 0.337. The SMILES string of the molecule is COc1nc(NS(=O)(=O)c2c[nH]c3c(-c4ccn(C)n4)c(Cl)ccc23)nc(OC)c1OCC(F)F. The van der Waals surface area contributed by atoms with Gasteiger partial charge in [0, 0.05) is 30.4 Å². The molecule has 3 heterocycles. The van der Waals surface area contributed by atoms with Gasteiger partial charge >= 0.3 is 0 Å². The van der Waals surface area contributed by atoms with Crippen molar-refractivity contribution in [3.63, 3.8) is 0 Å². The summed E-state index contributed by atoms with van der Waals surface area (Å²) in [4.78, 5) is 10.7. The highest BCUT2D eigenvalue weighted by atomic mass is 35.5. The van der Waals surface area contributed by atoms with Gasteiger partial charge in [0.2, 0.25) is 11.7 Å². The van der Waals surface area contributed by atoms with E-state index < -0.39 is 29.0 Å². The Bertz CT molecular complexity index is 1470. The number of alkyl halides is 2. The van der Waals surface area contributed by atoms with Crippen molar-refractivity contribution in [1.82, 2.24) is 24.7 Å². The lowest BCUT2D eigenvalue weighted by Crippen LogP contribution is -2.16. The molecule has 0 saturated heterocycles. The molecule has 0 bridgehead atoms. The molecular formula is C20H19ClF2N6O5S. The molecule has 3 aromatic heterocycles. The Labute approximate surface area is 203 Å². The maximum atomic E-state index is 13.2. The van der Waals surface area contributed by atoms with Crippen LogP contribution in [0.15, 0.2) is 35.5 Å². The standard InChI is InChI=1S/C20H19ClF2N6O5S/c1-29-7-6-12(27-29)15-11(21)5-4-10-13(8-24-16(10)15)35(30,31)28-20-25-18(32-2)17(19(26-20)33-3)34-9-14(22)23/h4-8,14,24H,9H2,1-3H3,(H,25,26,28). The van der Waals surface area contributed by atoms with E-state index in [9.17, 15) is 17.2 Å². The molecule has 0 aliphatic rings. The van der Waals surface area contributed by atoms with Crippen LogP contribution < -0.4 is 18.9 Å². The molecule has 0 aliphatic heterocycles. The van der Waals surface area contributed by atoms with Crippen molar-refractivity contribution in [2.75, 3.05) is 25.5 Å². The largest absolute Gasteiger partial charge is 0.478 e. The van der Waals surface area contributed by atoms with Crippen LogP contribution in [0.5, 0.6) is 17.5 Å². The molecule has 0 spiro atoms. The van der Waals surface area contributed by atoms with Gasteiger partial charge in [-0.15, -0.1) is 0 Å². The number of H-pyrrole nitrogens is 1. The number of ether oxygens (including phenoxy) is 3. The minimum absolute atomic E-state index is 0.110. The lowest BCUT2D eigenvalue weighted by Gasteiger charge is -2.14. The molecular weight excluding hydrogens is 510 g/mol. The third kappa shape index (κ3) is 4.79. The first-order valence-electron chi connectivity index (χ1n) is 9.88. The van der Waals surface area contributed by atoms with Gasteiger partial charge in [0.15, 0.2) is 0 Å².